The van der Waals surface area contributed by atoms with Gasteiger partial charge in [0.2, 0.25) is 0 Å². The molecule has 4 N–H and O–H groups in total. The molecule has 8 heteroatoms. The summed E-state index contributed by atoms with van der Waals surface area (Å²) in [6.07, 6.45) is 2.26. The molecule has 0 radical (unpaired) electrons. The highest BCUT2D eigenvalue weighted by Crippen LogP contribution is 2.10. The Morgan fingerprint density at radius 2 is 1.81 bits per heavy atom. The van der Waals surface area contributed by atoms with Crippen LogP contribution < -0.4 is 20.4 Å². The molecular formula is C19H29FN4O3+2. The van der Waals surface area contributed by atoms with Gasteiger partial charge >= 0.3 is 0 Å². The van der Waals surface area contributed by atoms with E-state index in [2.05, 4.69) is 10.6 Å². The third-order valence-electron chi connectivity index (χ3n) is 5.14. The minimum Gasteiger partial charge on any atom is -0.376 e. The average molecular weight is 380 g/mol. The van der Waals surface area contributed by atoms with E-state index in [0.29, 0.717) is 25.3 Å². The van der Waals surface area contributed by atoms with Gasteiger partial charge < -0.3 is 25.2 Å². The van der Waals surface area contributed by atoms with Crippen LogP contribution in [0.3, 0.4) is 0 Å². The Labute approximate surface area is 158 Å². The first-order chi connectivity index (χ1) is 13.1. The molecule has 0 bridgehead atoms. The summed E-state index contributed by atoms with van der Waals surface area (Å²) in [7, 11) is 0. The highest BCUT2D eigenvalue weighted by Gasteiger charge is 2.26. The lowest BCUT2D eigenvalue weighted by molar-refractivity contribution is -1.00. The minimum atomic E-state index is -0.366. The fourth-order valence-corrected chi connectivity index (χ4v) is 3.63. The monoisotopic (exact) mass is 380 g/mol. The topological polar surface area (TPSA) is 76.3 Å². The second kappa shape index (κ2) is 9.77. The number of carbonyl (C=O) groups is 2. The molecule has 2 aliphatic heterocycles. The van der Waals surface area contributed by atoms with Crippen LogP contribution in [0.1, 0.15) is 12.8 Å². The van der Waals surface area contributed by atoms with Crippen LogP contribution in [0.2, 0.25) is 0 Å². The summed E-state index contributed by atoms with van der Waals surface area (Å²) < 4.78 is 18.7. The Morgan fingerprint density at radius 1 is 1.11 bits per heavy atom. The minimum absolute atomic E-state index is 0.0628. The van der Waals surface area contributed by atoms with E-state index in [-0.39, 0.29) is 23.7 Å². The summed E-state index contributed by atoms with van der Waals surface area (Å²) in [4.78, 5) is 26.6. The van der Waals surface area contributed by atoms with Gasteiger partial charge in [0.15, 0.2) is 13.1 Å². The van der Waals surface area contributed by atoms with Crippen molar-refractivity contribution in [1.82, 2.24) is 5.32 Å². The second-order valence-electron chi connectivity index (χ2n) is 7.35. The van der Waals surface area contributed by atoms with Crippen molar-refractivity contribution in [2.45, 2.75) is 18.9 Å². The predicted molar refractivity (Wildman–Crippen MR) is 98.1 cm³/mol. The SMILES string of the molecule is O=C(C[NH+]1CC[NH+](CC(=O)Nc2cccc(F)c2)CC1)NC[C@@H]1CCCO1. The molecular weight excluding hydrogens is 351 g/mol. The van der Waals surface area contributed by atoms with E-state index in [1.165, 1.54) is 21.9 Å². The van der Waals surface area contributed by atoms with Crippen molar-refractivity contribution in [3.63, 3.8) is 0 Å². The Hall–Kier alpha value is -2.03. The van der Waals surface area contributed by atoms with Crippen LogP contribution in [0.25, 0.3) is 0 Å². The molecule has 3 rings (SSSR count). The Bertz CT molecular complexity index is 644. The number of piperazine rings is 1. The molecule has 0 saturated carbocycles. The fraction of sp³-hybridized carbons (Fsp3) is 0.579. The maximum absolute atomic E-state index is 13.2. The first-order valence-corrected chi connectivity index (χ1v) is 9.69. The summed E-state index contributed by atoms with van der Waals surface area (Å²) in [6.45, 7) is 5.61. The van der Waals surface area contributed by atoms with E-state index in [1.807, 2.05) is 0 Å². The van der Waals surface area contributed by atoms with Crippen molar-refractivity contribution in [3.05, 3.63) is 30.1 Å². The van der Waals surface area contributed by atoms with Gasteiger partial charge in [0.1, 0.15) is 32.0 Å². The van der Waals surface area contributed by atoms with Gasteiger partial charge in [0, 0.05) is 18.8 Å². The lowest BCUT2D eigenvalue weighted by atomic mass is 10.2. The number of amides is 2. The van der Waals surface area contributed by atoms with Crippen LogP contribution in [0, 0.1) is 5.82 Å². The molecule has 2 aliphatic rings. The summed E-state index contributed by atoms with van der Waals surface area (Å²) in [5.41, 5.74) is 0.478. The fourth-order valence-electron chi connectivity index (χ4n) is 3.63. The average Bonchev–Trinajstić information content (AvgIpc) is 3.15. The number of halogens is 1. The van der Waals surface area contributed by atoms with Crippen molar-refractivity contribution in [2.75, 3.05) is 57.7 Å². The standard InChI is InChI=1S/C19H27FN4O3/c20-15-3-1-4-16(11-15)22-19(26)14-24-8-6-23(7-9-24)13-18(25)21-12-17-5-2-10-27-17/h1,3-4,11,17H,2,5-10,12-14H2,(H,21,25)(H,22,26)/p+2/t17-/m0/s1. The van der Waals surface area contributed by atoms with Crippen molar-refractivity contribution in [3.8, 4) is 0 Å². The zero-order valence-electron chi connectivity index (χ0n) is 15.6. The first-order valence-electron chi connectivity index (χ1n) is 9.69. The molecule has 0 aliphatic carbocycles. The van der Waals surface area contributed by atoms with Crippen molar-refractivity contribution < 1.29 is 28.5 Å². The van der Waals surface area contributed by atoms with Gasteiger partial charge in [-0.15, -0.1) is 0 Å². The number of nitrogens with one attached hydrogen (secondary N) is 4. The van der Waals surface area contributed by atoms with Gasteiger partial charge in [-0.25, -0.2) is 4.39 Å². The van der Waals surface area contributed by atoms with Crippen LogP contribution >= 0.6 is 0 Å². The van der Waals surface area contributed by atoms with Gasteiger partial charge in [-0.1, -0.05) is 6.07 Å². The second-order valence-corrected chi connectivity index (χ2v) is 7.35. The third-order valence-corrected chi connectivity index (χ3v) is 5.14. The van der Waals surface area contributed by atoms with Gasteiger partial charge in [0.05, 0.1) is 6.10 Å². The number of quaternary nitrogens is 2. The van der Waals surface area contributed by atoms with Crippen LogP contribution in [-0.2, 0) is 14.3 Å². The van der Waals surface area contributed by atoms with Gasteiger partial charge in [-0.3, -0.25) is 9.59 Å². The molecule has 2 heterocycles. The van der Waals surface area contributed by atoms with Crippen LogP contribution in [0.4, 0.5) is 10.1 Å². The molecule has 2 amide bonds. The van der Waals surface area contributed by atoms with Gasteiger partial charge in [-0.05, 0) is 31.0 Å². The van der Waals surface area contributed by atoms with Crippen LogP contribution in [0.5, 0.6) is 0 Å². The highest BCUT2D eigenvalue weighted by molar-refractivity contribution is 5.91. The Kier molecular flexibility index (Phi) is 7.14. The van der Waals surface area contributed by atoms with E-state index in [9.17, 15) is 14.0 Å². The molecule has 7 nitrogen and oxygen atoms in total. The van der Waals surface area contributed by atoms with Crippen molar-refractivity contribution >= 4 is 17.5 Å². The number of carbonyl (C=O) groups excluding carboxylic acids is 2. The molecule has 2 saturated heterocycles. The van der Waals surface area contributed by atoms with Gasteiger partial charge in [0.25, 0.3) is 11.8 Å². The zero-order chi connectivity index (χ0) is 19.1. The molecule has 1 atom stereocenters. The molecule has 27 heavy (non-hydrogen) atoms. The predicted octanol–water partition coefficient (Wildman–Crippen LogP) is -2.16. The highest BCUT2D eigenvalue weighted by atomic mass is 19.1. The molecule has 2 fully saturated rings. The number of hydrogen-bond acceptors (Lipinski definition) is 3. The molecule has 148 valence electrons. The summed E-state index contributed by atoms with van der Waals surface area (Å²) in [5.74, 6) is -0.420. The summed E-state index contributed by atoms with van der Waals surface area (Å²) >= 11 is 0. The molecule has 1 aromatic rings. The van der Waals surface area contributed by atoms with E-state index >= 15 is 0 Å². The largest absolute Gasteiger partial charge is 0.376 e. The molecule has 0 spiro atoms. The zero-order valence-corrected chi connectivity index (χ0v) is 15.6. The number of rotatable bonds is 7. The summed E-state index contributed by atoms with van der Waals surface area (Å²) in [5, 5.41) is 5.70. The number of anilines is 1. The Balaban J connectivity index is 1.32. The third kappa shape index (κ3) is 6.57. The Morgan fingerprint density at radius 3 is 2.44 bits per heavy atom. The maximum atomic E-state index is 13.2. The van der Waals surface area contributed by atoms with Gasteiger partial charge in [-0.2, -0.15) is 0 Å². The van der Waals surface area contributed by atoms with E-state index in [0.717, 1.165) is 45.6 Å². The number of benzene rings is 1. The van der Waals surface area contributed by atoms with Crippen molar-refractivity contribution in [1.29, 1.82) is 0 Å². The van der Waals surface area contributed by atoms with Crippen LogP contribution in [0.15, 0.2) is 24.3 Å². The van der Waals surface area contributed by atoms with E-state index < -0.39 is 0 Å². The normalized spacial score (nSPS) is 25.1. The maximum Gasteiger partial charge on any atom is 0.279 e. The molecule has 0 aromatic heterocycles. The smallest absolute Gasteiger partial charge is 0.279 e. The molecule has 1 aromatic carbocycles. The number of ether oxygens (including phenoxy) is 1. The molecule has 0 unspecified atom stereocenters. The van der Waals surface area contributed by atoms with Crippen LogP contribution in [-0.4, -0.2) is 70.3 Å². The van der Waals surface area contributed by atoms with Crippen molar-refractivity contribution in [2.24, 2.45) is 0 Å². The first kappa shape index (κ1) is 19.7. The van der Waals surface area contributed by atoms with E-state index in [4.69, 9.17) is 4.74 Å². The van der Waals surface area contributed by atoms with E-state index in [1.54, 1.807) is 12.1 Å². The lowest BCUT2D eigenvalue weighted by Crippen LogP contribution is -3.28. The lowest BCUT2D eigenvalue weighted by Gasteiger charge is -2.29. The summed E-state index contributed by atoms with van der Waals surface area (Å²) in [6, 6.07) is 5.90. The quantitative estimate of drug-likeness (QED) is 0.436. The number of hydrogen-bond donors (Lipinski definition) is 4.